The second kappa shape index (κ2) is 8.12. The molecular weight excluding hydrogens is 184 g/mol. The summed E-state index contributed by atoms with van der Waals surface area (Å²) in [7, 11) is 2.29. The second-order valence-electron chi connectivity index (χ2n) is 5.02. The van der Waals surface area contributed by atoms with E-state index in [0.29, 0.717) is 0 Å². The quantitative estimate of drug-likeness (QED) is 0.652. The zero-order chi connectivity index (χ0) is 10.9. The van der Waals surface area contributed by atoms with Crippen molar-refractivity contribution in [3.8, 4) is 0 Å². The molecule has 1 saturated heterocycles. The Morgan fingerprint density at radius 1 is 1.13 bits per heavy atom. The third-order valence-electron chi connectivity index (χ3n) is 3.42. The van der Waals surface area contributed by atoms with Gasteiger partial charge in [-0.3, -0.25) is 0 Å². The highest BCUT2D eigenvalue weighted by Gasteiger charge is 2.14. The predicted molar refractivity (Wildman–Crippen MR) is 67.2 cm³/mol. The van der Waals surface area contributed by atoms with Crippen LogP contribution in [0.1, 0.15) is 45.4 Å². The fourth-order valence-electron chi connectivity index (χ4n) is 2.40. The van der Waals surface area contributed by atoms with Crippen LogP contribution >= 0.6 is 0 Å². The summed E-state index contributed by atoms with van der Waals surface area (Å²) in [5, 5.41) is 3.43. The van der Waals surface area contributed by atoms with Gasteiger partial charge in [0, 0.05) is 6.54 Å². The van der Waals surface area contributed by atoms with E-state index in [1.54, 1.807) is 0 Å². The first-order valence-corrected chi connectivity index (χ1v) is 6.72. The van der Waals surface area contributed by atoms with Crippen molar-refractivity contribution >= 4 is 0 Å². The summed E-state index contributed by atoms with van der Waals surface area (Å²) in [4.78, 5) is 2.53. The number of unbranched alkanes of at least 4 members (excludes halogenated alkanes) is 3. The molecule has 0 bridgehead atoms. The van der Waals surface area contributed by atoms with Gasteiger partial charge in [0.25, 0.3) is 0 Å². The number of hydrogen-bond acceptors (Lipinski definition) is 2. The van der Waals surface area contributed by atoms with Crippen molar-refractivity contribution in [3.05, 3.63) is 0 Å². The third kappa shape index (κ3) is 6.16. The molecule has 0 spiro atoms. The first kappa shape index (κ1) is 13.0. The summed E-state index contributed by atoms with van der Waals surface area (Å²) >= 11 is 0. The molecule has 90 valence electrons. The first-order chi connectivity index (χ1) is 7.33. The van der Waals surface area contributed by atoms with Gasteiger partial charge < -0.3 is 10.2 Å². The van der Waals surface area contributed by atoms with Crippen LogP contribution < -0.4 is 5.32 Å². The molecule has 1 N–H and O–H groups in total. The SMILES string of the molecule is CCCCCCN(C)CC1CCNCC1. The van der Waals surface area contributed by atoms with E-state index in [0.717, 1.165) is 5.92 Å². The Balaban J connectivity index is 1.98. The van der Waals surface area contributed by atoms with Crippen LogP contribution in [-0.2, 0) is 0 Å². The van der Waals surface area contributed by atoms with E-state index in [9.17, 15) is 0 Å². The minimum Gasteiger partial charge on any atom is -0.317 e. The van der Waals surface area contributed by atoms with E-state index in [2.05, 4.69) is 24.2 Å². The van der Waals surface area contributed by atoms with Crippen LogP contribution in [0.25, 0.3) is 0 Å². The van der Waals surface area contributed by atoms with E-state index in [1.807, 2.05) is 0 Å². The molecule has 0 amide bonds. The van der Waals surface area contributed by atoms with Crippen LogP contribution in [0.2, 0.25) is 0 Å². The number of hydrogen-bond donors (Lipinski definition) is 1. The highest BCUT2D eigenvalue weighted by Crippen LogP contribution is 2.13. The van der Waals surface area contributed by atoms with Crippen molar-refractivity contribution in [3.63, 3.8) is 0 Å². The predicted octanol–water partition coefficient (Wildman–Crippen LogP) is 2.50. The van der Waals surface area contributed by atoms with Crippen molar-refractivity contribution in [1.29, 1.82) is 0 Å². The fraction of sp³-hybridized carbons (Fsp3) is 1.00. The highest BCUT2D eigenvalue weighted by atomic mass is 15.1. The van der Waals surface area contributed by atoms with Crippen molar-refractivity contribution in [2.45, 2.75) is 45.4 Å². The van der Waals surface area contributed by atoms with Crippen molar-refractivity contribution in [1.82, 2.24) is 10.2 Å². The smallest absolute Gasteiger partial charge is 0.000755 e. The maximum absolute atomic E-state index is 3.43. The second-order valence-corrected chi connectivity index (χ2v) is 5.02. The maximum atomic E-state index is 3.43. The fourth-order valence-corrected chi connectivity index (χ4v) is 2.40. The van der Waals surface area contributed by atoms with E-state index < -0.39 is 0 Å². The molecule has 1 aliphatic rings. The number of nitrogens with zero attached hydrogens (tertiary/aromatic N) is 1. The molecule has 2 heteroatoms. The van der Waals surface area contributed by atoms with Crippen molar-refractivity contribution in [2.24, 2.45) is 5.92 Å². The van der Waals surface area contributed by atoms with Gasteiger partial charge in [0.05, 0.1) is 0 Å². The molecule has 0 aromatic rings. The molecule has 1 heterocycles. The van der Waals surface area contributed by atoms with Crippen LogP contribution in [0.15, 0.2) is 0 Å². The van der Waals surface area contributed by atoms with Gasteiger partial charge in [-0.2, -0.15) is 0 Å². The van der Waals surface area contributed by atoms with Crippen molar-refractivity contribution in [2.75, 3.05) is 33.2 Å². The molecule has 1 aliphatic heterocycles. The lowest BCUT2D eigenvalue weighted by atomic mass is 9.97. The molecule has 0 aliphatic carbocycles. The molecule has 15 heavy (non-hydrogen) atoms. The van der Waals surface area contributed by atoms with Crippen LogP contribution in [0.4, 0.5) is 0 Å². The lowest BCUT2D eigenvalue weighted by Crippen LogP contribution is -2.34. The van der Waals surface area contributed by atoms with Gasteiger partial charge in [0.15, 0.2) is 0 Å². The molecule has 0 aromatic heterocycles. The van der Waals surface area contributed by atoms with Gasteiger partial charge in [-0.05, 0) is 51.9 Å². The minimum absolute atomic E-state index is 0.947. The summed E-state index contributed by atoms with van der Waals surface area (Å²) in [6.07, 6.45) is 8.29. The monoisotopic (exact) mass is 212 g/mol. The zero-order valence-corrected chi connectivity index (χ0v) is 10.6. The van der Waals surface area contributed by atoms with Crippen LogP contribution in [0, 0.1) is 5.92 Å². The normalized spacial score (nSPS) is 18.6. The largest absolute Gasteiger partial charge is 0.317 e. The summed E-state index contributed by atoms with van der Waals surface area (Å²) in [5.74, 6) is 0.947. The van der Waals surface area contributed by atoms with Gasteiger partial charge in [0.2, 0.25) is 0 Å². The molecule has 0 radical (unpaired) electrons. The maximum Gasteiger partial charge on any atom is 0.000755 e. The molecule has 0 saturated carbocycles. The Labute approximate surface area is 95.4 Å². The first-order valence-electron chi connectivity index (χ1n) is 6.72. The number of nitrogens with one attached hydrogen (secondary N) is 1. The summed E-state index contributed by atoms with van der Waals surface area (Å²) in [6, 6.07) is 0. The van der Waals surface area contributed by atoms with Gasteiger partial charge in [-0.15, -0.1) is 0 Å². The van der Waals surface area contributed by atoms with Crippen LogP contribution in [0.5, 0.6) is 0 Å². The molecular formula is C13H28N2. The third-order valence-corrected chi connectivity index (χ3v) is 3.42. The van der Waals surface area contributed by atoms with E-state index in [-0.39, 0.29) is 0 Å². The molecule has 2 nitrogen and oxygen atoms in total. The highest BCUT2D eigenvalue weighted by molar-refractivity contribution is 4.71. The Morgan fingerprint density at radius 3 is 2.53 bits per heavy atom. The summed E-state index contributed by atoms with van der Waals surface area (Å²) in [6.45, 7) is 7.35. The van der Waals surface area contributed by atoms with Gasteiger partial charge in [-0.25, -0.2) is 0 Å². The Hall–Kier alpha value is -0.0800. The summed E-state index contributed by atoms with van der Waals surface area (Å²) < 4.78 is 0. The average molecular weight is 212 g/mol. The number of rotatable bonds is 7. The molecule has 0 aromatic carbocycles. The Morgan fingerprint density at radius 2 is 1.87 bits per heavy atom. The van der Waals surface area contributed by atoms with Gasteiger partial charge in [-0.1, -0.05) is 26.2 Å². The molecule has 0 atom stereocenters. The lowest BCUT2D eigenvalue weighted by Gasteiger charge is -2.27. The average Bonchev–Trinajstić information content (AvgIpc) is 2.26. The number of piperidine rings is 1. The van der Waals surface area contributed by atoms with E-state index >= 15 is 0 Å². The Kier molecular flexibility index (Phi) is 7.03. The van der Waals surface area contributed by atoms with Crippen molar-refractivity contribution < 1.29 is 0 Å². The van der Waals surface area contributed by atoms with Crippen LogP contribution in [0.3, 0.4) is 0 Å². The van der Waals surface area contributed by atoms with E-state index in [4.69, 9.17) is 0 Å². The molecule has 1 fully saturated rings. The van der Waals surface area contributed by atoms with Gasteiger partial charge in [0.1, 0.15) is 0 Å². The van der Waals surface area contributed by atoms with Gasteiger partial charge >= 0.3 is 0 Å². The van der Waals surface area contributed by atoms with E-state index in [1.165, 1.54) is 64.7 Å². The molecule has 0 unspecified atom stereocenters. The zero-order valence-electron chi connectivity index (χ0n) is 10.6. The summed E-state index contributed by atoms with van der Waals surface area (Å²) in [5.41, 5.74) is 0. The topological polar surface area (TPSA) is 15.3 Å². The van der Waals surface area contributed by atoms with Crippen LogP contribution in [-0.4, -0.2) is 38.1 Å². The molecule has 1 rings (SSSR count). The standard InChI is InChI=1S/C13H28N2/c1-3-4-5-6-11-15(2)12-13-7-9-14-10-8-13/h13-14H,3-12H2,1-2H3. The lowest BCUT2D eigenvalue weighted by molar-refractivity contribution is 0.236. The minimum atomic E-state index is 0.947. The Bertz CT molecular complexity index is 141.